The molecule has 0 saturated heterocycles. The van der Waals surface area contributed by atoms with Crippen LogP contribution in [0.5, 0.6) is 0 Å². The van der Waals surface area contributed by atoms with E-state index in [4.69, 9.17) is 4.98 Å². The summed E-state index contributed by atoms with van der Waals surface area (Å²) in [6.45, 7) is 12.5. The molecule has 0 unspecified atom stereocenters. The van der Waals surface area contributed by atoms with Crippen LogP contribution in [-0.2, 0) is 0 Å². The minimum absolute atomic E-state index is 0.483. The monoisotopic (exact) mass is 277 g/mol. The minimum atomic E-state index is 0.483. The van der Waals surface area contributed by atoms with Gasteiger partial charge < -0.3 is 0 Å². The minimum Gasteiger partial charge on any atom is -0.255 e. The average molecular weight is 277 g/mol. The molecule has 1 aromatic carbocycles. The molecule has 0 aliphatic carbocycles. The highest BCUT2D eigenvalue weighted by Gasteiger charge is 2.12. The number of rotatable bonds is 4. The lowest BCUT2D eigenvalue weighted by atomic mass is 9.93. The zero-order valence-corrected chi connectivity index (χ0v) is 13.4. The van der Waals surface area contributed by atoms with Gasteiger partial charge in [-0.3, -0.25) is 4.98 Å². The standard InChI is InChI=1S/C20H23N/c1-6-7-10-18(16(5)14(2)3)20-19-12-9-8-11-17(19)15(4)13-21-20/h6-14H,1H2,2-5H3/b10-7-,18-16-. The zero-order valence-electron chi connectivity index (χ0n) is 13.4. The van der Waals surface area contributed by atoms with E-state index < -0.39 is 0 Å². The highest BCUT2D eigenvalue weighted by Crippen LogP contribution is 2.30. The molecule has 1 nitrogen and oxygen atoms in total. The van der Waals surface area contributed by atoms with Crippen molar-refractivity contribution in [2.75, 3.05) is 0 Å². The first-order chi connectivity index (χ1) is 10.1. The number of pyridine rings is 1. The van der Waals surface area contributed by atoms with Crippen molar-refractivity contribution in [3.63, 3.8) is 0 Å². The predicted molar refractivity (Wildman–Crippen MR) is 93.2 cm³/mol. The molecule has 1 heterocycles. The summed E-state index contributed by atoms with van der Waals surface area (Å²) in [5.41, 5.74) is 4.81. The molecule has 0 saturated carbocycles. The Morgan fingerprint density at radius 3 is 2.48 bits per heavy atom. The summed E-state index contributed by atoms with van der Waals surface area (Å²) in [4.78, 5) is 4.72. The molecule has 0 bridgehead atoms. The van der Waals surface area contributed by atoms with Crippen molar-refractivity contribution in [3.8, 4) is 0 Å². The van der Waals surface area contributed by atoms with Gasteiger partial charge in [0.25, 0.3) is 0 Å². The van der Waals surface area contributed by atoms with Crippen LogP contribution in [0.25, 0.3) is 16.3 Å². The van der Waals surface area contributed by atoms with E-state index in [0.717, 1.165) is 5.69 Å². The molecule has 108 valence electrons. The lowest BCUT2D eigenvalue weighted by molar-refractivity contribution is 0.772. The number of fused-ring (bicyclic) bond motifs is 1. The van der Waals surface area contributed by atoms with Crippen LogP contribution in [0.3, 0.4) is 0 Å². The van der Waals surface area contributed by atoms with Crippen LogP contribution in [-0.4, -0.2) is 4.98 Å². The lowest BCUT2D eigenvalue weighted by Crippen LogP contribution is -1.98. The van der Waals surface area contributed by atoms with Crippen molar-refractivity contribution in [1.82, 2.24) is 4.98 Å². The van der Waals surface area contributed by atoms with Gasteiger partial charge >= 0.3 is 0 Å². The molecule has 1 heteroatoms. The second-order valence-electron chi connectivity index (χ2n) is 5.68. The van der Waals surface area contributed by atoms with E-state index in [1.807, 2.05) is 18.3 Å². The van der Waals surface area contributed by atoms with Crippen LogP contribution in [0, 0.1) is 12.8 Å². The molecule has 0 atom stereocenters. The molecule has 0 spiro atoms. The number of nitrogens with zero attached hydrogens (tertiary/aromatic N) is 1. The van der Waals surface area contributed by atoms with Gasteiger partial charge in [0.2, 0.25) is 0 Å². The van der Waals surface area contributed by atoms with Gasteiger partial charge in [0, 0.05) is 11.6 Å². The Labute approximate surface area is 127 Å². The van der Waals surface area contributed by atoms with Gasteiger partial charge in [0.15, 0.2) is 0 Å². The maximum absolute atomic E-state index is 4.72. The number of hydrogen-bond acceptors (Lipinski definition) is 1. The molecular formula is C20H23N. The Kier molecular flexibility index (Phi) is 4.74. The van der Waals surface area contributed by atoms with Crippen molar-refractivity contribution in [2.45, 2.75) is 27.7 Å². The second-order valence-corrected chi connectivity index (χ2v) is 5.68. The molecule has 0 aliphatic heterocycles. The number of allylic oxidation sites excluding steroid dienone is 5. The number of aryl methyl sites for hydroxylation is 1. The molecule has 0 fully saturated rings. The fourth-order valence-corrected chi connectivity index (χ4v) is 2.42. The topological polar surface area (TPSA) is 12.9 Å². The molecule has 21 heavy (non-hydrogen) atoms. The van der Waals surface area contributed by atoms with E-state index in [2.05, 4.69) is 64.6 Å². The van der Waals surface area contributed by atoms with Crippen molar-refractivity contribution >= 4 is 16.3 Å². The SMILES string of the molecule is C=C/C=C\C(=C(/C)C(C)C)c1ncc(C)c2ccccc12. The Bertz CT molecular complexity index is 718. The van der Waals surface area contributed by atoms with Gasteiger partial charge in [-0.25, -0.2) is 0 Å². The van der Waals surface area contributed by atoms with E-state index in [1.165, 1.54) is 27.5 Å². The summed E-state index contributed by atoms with van der Waals surface area (Å²) in [5.74, 6) is 0.483. The average Bonchev–Trinajstić information content (AvgIpc) is 2.49. The highest BCUT2D eigenvalue weighted by atomic mass is 14.7. The summed E-state index contributed by atoms with van der Waals surface area (Å²) < 4.78 is 0. The van der Waals surface area contributed by atoms with Crippen molar-refractivity contribution in [3.05, 3.63) is 72.1 Å². The Morgan fingerprint density at radius 2 is 1.86 bits per heavy atom. The molecular weight excluding hydrogens is 254 g/mol. The number of aromatic nitrogens is 1. The summed E-state index contributed by atoms with van der Waals surface area (Å²) in [7, 11) is 0. The van der Waals surface area contributed by atoms with Crippen LogP contribution >= 0.6 is 0 Å². The van der Waals surface area contributed by atoms with Gasteiger partial charge in [-0.05, 0) is 36.3 Å². The van der Waals surface area contributed by atoms with E-state index in [-0.39, 0.29) is 0 Å². The predicted octanol–water partition coefficient (Wildman–Crippen LogP) is 5.71. The molecule has 0 amide bonds. The van der Waals surface area contributed by atoms with Gasteiger partial charge in [-0.15, -0.1) is 0 Å². The maximum atomic E-state index is 4.72. The van der Waals surface area contributed by atoms with E-state index in [0.29, 0.717) is 5.92 Å². The number of benzene rings is 1. The summed E-state index contributed by atoms with van der Waals surface area (Å²) in [6.07, 6.45) is 7.88. The van der Waals surface area contributed by atoms with Gasteiger partial charge in [-0.2, -0.15) is 0 Å². The van der Waals surface area contributed by atoms with Crippen LogP contribution < -0.4 is 0 Å². The first-order valence-electron chi connectivity index (χ1n) is 7.40. The van der Waals surface area contributed by atoms with Gasteiger partial charge in [-0.1, -0.05) is 68.5 Å². The normalized spacial score (nSPS) is 13.0. The zero-order chi connectivity index (χ0) is 15.4. The summed E-state index contributed by atoms with van der Waals surface area (Å²) in [5, 5.41) is 2.48. The smallest absolute Gasteiger partial charge is 0.0780 e. The molecule has 0 aliphatic rings. The Morgan fingerprint density at radius 1 is 1.19 bits per heavy atom. The summed E-state index contributed by atoms with van der Waals surface area (Å²) >= 11 is 0. The van der Waals surface area contributed by atoms with Crippen molar-refractivity contribution in [1.29, 1.82) is 0 Å². The largest absolute Gasteiger partial charge is 0.255 e. The third-order valence-corrected chi connectivity index (χ3v) is 3.94. The van der Waals surface area contributed by atoms with E-state index in [1.54, 1.807) is 0 Å². The Hall–Kier alpha value is -2.15. The van der Waals surface area contributed by atoms with Crippen molar-refractivity contribution < 1.29 is 0 Å². The lowest BCUT2D eigenvalue weighted by Gasteiger charge is -2.14. The third-order valence-electron chi connectivity index (χ3n) is 3.94. The van der Waals surface area contributed by atoms with Crippen LogP contribution in [0.1, 0.15) is 32.0 Å². The number of hydrogen-bond donors (Lipinski definition) is 0. The van der Waals surface area contributed by atoms with Gasteiger partial charge in [0.05, 0.1) is 5.69 Å². The first-order valence-corrected chi connectivity index (χ1v) is 7.40. The molecule has 0 radical (unpaired) electrons. The van der Waals surface area contributed by atoms with E-state index >= 15 is 0 Å². The molecule has 1 aromatic heterocycles. The molecule has 2 rings (SSSR count). The summed E-state index contributed by atoms with van der Waals surface area (Å²) in [6, 6.07) is 8.47. The van der Waals surface area contributed by atoms with Crippen LogP contribution in [0.15, 0.2) is 60.8 Å². The van der Waals surface area contributed by atoms with E-state index in [9.17, 15) is 0 Å². The van der Waals surface area contributed by atoms with Crippen LogP contribution in [0.4, 0.5) is 0 Å². The highest BCUT2D eigenvalue weighted by molar-refractivity contribution is 5.96. The molecule has 0 N–H and O–H groups in total. The fourth-order valence-electron chi connectivity index (χ4n) is 2.42. The quantitative estimate of drug-likeness (QED) is 0.652. The molecule has 2 aromatic rings. The second kappa shape index (κ2) is 6.53. The maximum Gasteiger partial charge on any atom is 0.0780 e. The van der Waals surface area contributed by atoms with Crippen LogP contribution in [0.2, 0.25) is 0 Å². The first kappa shape index (κ1) is 15.2. The van der Waals surface area contributed by atoms with Crippen molar-refractivity contribution in [2.24, 2.45) is 5.92 Å². The van der Waals surface area contributed by atoms with Gasteiger partial charge in [0.1, 0.15) is 0 Å². The Balaban J connectivity index is 2.78. The fraction of sp³-hybridized carbons (Fsp3) is 0.250. The third kappa shape index (κ3) is 3.13.